The van der Waals surface area contributed by atoms with E-state index in [1.807, 2.05) is 23.4 Å². The quantitative estimate of drug-likeness (QED) is 0.747. The number of rotatable bonds is 3. The summed E-state index contributed by atoms with van der Waals surface area (Å²) >= 11 is 2.00. The van der Waals surface area contributed by atoms with Gasteiger partial charge in [-0.2, -0.15) is 16.9 Å². The van der Waals surface area contributed by atoms with Crippen molar-refractivity contribution in [3.05, 3.63) is 17.5 Å². The van der Waals surface area contributed by atoms with Gasteiger partial charge in [0.05, 0.1) is 18.4 Å². The molecule has 0 amide bonds. The maximum absolute atomic E-state index is 11.3. The highest BCUT2D eigenvalue weighted by Crippen LogP contribution is 2.12. The van der Waals surface area contributed by atoms with Crippen LogP contribution in [0.4, 0.5) is 0 Å². The van der Waals surface area contributed by atoms with Gasteiger partial charge in [-0.25, -0.2) is 0 Å². The topological polar surface area (TPSA) is 38.1 Å². The number of aromatic nitrogens is 2. The van der Waals surface area contributed by atoms with E-state index in [1.54, 1.807) is 13.1 Å². The van der Waals surface area contributed by atoms with Crippen LogP contribution in [0.2, 0.25) is 0 Å². The molecule has 1 aliphatic rings. The minimum Gasteiger partial charge on any atom is -0.294 e. The number of thioether (sulfide) groups is 1. The lowest BCUT2D eigenvalue weighted by Crippen LogP contribution is -2.34. The van der Waals surface area contributed by atoms with E-state index in [9.17, 15) is 4.79 Å². The fourth-order valence-corrected chi connectivity index (χ4v) is 2.85. The summed E-state index contributed by atoms with van der Waals surface area (Å²) in [7, 11) is 0. The standard InChI is InChI=1S/C11H17N3OS/c1-9-11(10(2)15)7-12-14(9)8-13-3-5-16-6-4-13/h7H,3-6,8H2,1-2H3. The van der Waals surface area contributed by atoms with Gasteiger partial charge in [0.1, 0.15) is 0 Å². The number of hydrogen-bond donors (Lipinski definition) is 0. The van der Waals surface area contributed by atoms with E-state index in [0.29, 0.717) is 0 Å². The average Bonchev–Trinajstić information content (AvgIpc) is 2.62. The number of nitrogens with zero attached hydrogens (tertiary/aromatic N) is 3. The third kappa shape index (κ3) is 2.47. The van der Waals surface area contributed by atoms with Gasteiger partial charge in [0, 0.05) is 30.3 Å². The highest BCUT2D eigenvalue weighted by molar-refractivity contribution is 7.99. The Kier molecular flexibility index (Phi) is 3.66. The summed E-state index contributed by atoms with van der Waals surface area (Å²) < 4.78 is 1.92. The fourth-order valence-electron chi connectivity index (χ4n) is 1.87. The first kappa shape index (κ1) is 11.7. The summed E-state index contributed by atoms with van der Waals surface area (Å²) in [6.45, 7) is 6.58. The fraction of sp³-hybridized carbons (Fsp3) is 0.636. The Morgan fingerprint density at radius 2 is 2.19 bits per heavy atom. The van der Waals surface area contributed by atoms with Crippen molar-refractivity contribution in [1.29, 1.82) is 0 Å². The average molecular weight is 239 g/mol. The number of carbonyl (C=O) groups is 1. The molecule has 1 saturated heterocycles. The van der Waals surface area contributed by atoms with Crippen LogP contribution in [-0.2, 0) is 6.67 Å². The van der Waals surface area contributed by atoms with Gasteiger partial charge in [-0.3, -0.25) is 14.4 Å². The Labute approximate surface area is 100.0 Å². The molecule has 0 atom stereocenters. The van der Waals surface area contributed by atoms with Crippen molar-refractivity contribution >= 4 is 17.5 Å². The molecule has 1 fully saturated rings. The Balaban J connectivity index is 2.06. The van der Waals surface area contributed by atoms with Crippen LogP contribution in [0.1, 0.15) is 23.0 Å². The van der Waals surface area contributed by atoms with Crippen molar-refractivity contribution in [3.8, 4) is 0 Å². The van der Waals surface area contributed by atoms with Crippen molar-refractivity contribution < 1.29 is 4.79 Å². The SMILES string of the molecule is CC(=O)c1cnn(CN2CCSCC2)c1C. The number of Topliss-reactive ketones (excluding diaryl/α,β-unsaturated/α-hetero) is 1. The summed E-state index contributed by atoms with van der Waals surface area (Å²) in [5.74, 6) is 2.48. The third-order valence-electron chi connectivity index (χ3n) is 2.92. The summed E-state index contributed by atoms with van der Waals surface area (Å²) in [5, 5.41) is 4.28. The van der Waals surface area contributed by atoms with Crippen molar-refractivity contribution in [2.24, 2.45) is 0 Å². The molecule has 5 heteroatoms. The van der Waals surface area contributed by atoms with Crippen molar-refractivity contribution in [1.82, 2.24) is 14.7 Å². The van der Waals surface area contributed by atoms with Gasteiger partial charge >= 0.3 is 0 Å². The molecule has 2 rings (SSSR count). The molecule has 0 N–H and O–H groups in total. The molecule has 1 aromatic rings. The highest BCUT2D eigenvalue weighted by Gasteiger charge is 2.14. The molecule has 0 spiro atoms. The van der Waals surface area contributed by atoms with Crippen LogP contribution in [0, 0.1) is 6.92 Å². The molecule has 1 aliphatic heterocycles. The van der Waals surface area contributed by atoms with Gasteiger partial charge in [0.2, 0.25) is 0 Å². The van der Waals surface area contributed by atoms with E-state index < -0.39 is 0 Å². The Morgan fingerprint density at radius 3 is 2.75 bits per heavy atom. The largest absolute Gasteiger partial charge is 0.294 e. The molecule has 0 saturated carbocycles. The van der Waals surface area contributed by atoms with Crippen molar-refractivity contribution in [2.45, 2.75) is 20.5 Å². The third-order valence-corrected chi connectivity index (χ3v) is 3.86. The molecule has 0 bridgehead atoms. The van der Waals surface area contributed by atoms with Crippen LogP contribution in [0.3, 0.4) is 0 Å². The summed E-state index contributed by atoms with van der Waals surface area (Å²) in [6.07, 6.45) is 1.68. The minimum atomic E-state index is 0.0953. The van der Waals surface area contributed by atoms with Gasteiger partial charge in [0.25, 0.3) is 0 Å². The first-order chi connectivity index (χ1) is 7.68. The molecule has 0 aliphatic carbocycles. The lowest BCUT2D eigenvalue weighted by molar-refractivity contribution is 0.101. The van der Waals surface area contributed by atoms with E-state index >= 15 is 0 Å². The van der Waals surface area contributed by atoms with E-state index in [4.69, 9.17) is 0 Å². The summed E-state index contributed by atoms with van der Waals surface area (Å²) in [5.41, 5.74) is 1.72. The van der Waals surface area contributed by atoms with Gasteiger partial charge < -0.3 is 0 Å². The predicted molar refractivity (Wildman–Crippen MR) is 65.9 cm³/mol. The number of carbonyl (C=O) groups excluding carboxylic acids is 1. The van der Waals surface area contributed by atoms with Gasteiger partial charge in [-0.05, 0) is 13.8 Å². The van der Waals surface area contributed by atoms with Crippen LogP contribution >= 0.6 is 11.8 Å². The maximum atomic E-state index is 11.3. The van der Waals surface area contributed by atoms with Gasteiger partial charge in [-0.15, -0.1) is 0 Å². The zero-order valence-corrected chi connectivity index (χ0v) is 10.6. The molecule has 4 nitrogen and oxygen atoms in total. The molecule has 2 heterocycles. The highest BCUT2D eigenvalue weighted by atomic mass is 32.2. The van der Waals surface area contributed by atoms with Crippen LogP contribution in [0.5, 0.6) is 0 Å². The normalized spacial score (nSPS) is 17.6. The van der Waals surface area contributed by atoms with E-state index in [1.165, 1.54) is 11.5 Å². The number of ketones is 1. The van der Waals surface area contributed by atoms with E-state index in [2.05, 4.69) is 10.00 Å². The Hall–Kier alpha value is -0.810. The molecule has 1 aromatic heterocycles. The summed E-state index contributed by atoms with van der Waals surface area (Å²) in [6, 6.07) is 0. The van der Waals surface area contributed by atoms with Crippen LogP contribution in [-0.4, -0.2) is 45.1 Å². The molecule has 16 heavy (non-hydrogen) atoms. The lowest BCUT2D eigenvalue weighted by Gasteiger charge is -2.26. The molecule has 0 aromatic carbocycles. The second-order valence-corrected chi connectivity index (χ2v) is 5.30. The molecular weight excluding hydrogens is 222 g/mol. The molecule has 88 valence electrons. The predicted octanol–water partition coefficient (Wildman–Crippen LogP) is 1.40. The van der Waals surface area contributed by atoms with Crippen molar-refractivity contribution in [3.63, 3.8) is 0 Å². The van der Waals surface area contributed by atoms with E-state index in [0.717, 1.165) is 31.0 Å². The maximum Gasteiger partial charge on any atom is 0.163 e. The lowest BCUT2D eigenvalue weighted by atomic mass is 10.2. The minimum absolute atomic E-state index is 0.0953. The first-order valence-corrected chi connectivity index (χ1v) is 6.67. The monoisotopic (exact) mass is 239 g/mol. The van der Waals surface area contributed by atoms with Crippen LogP contribution < -0.4 is 0 Å². The van der Waals surface area contributed by atoms with Crippen LogP contribution in [0.15, 0.2) is 6.20 Å². The first-order valence-electron chi connectivity index (χ1n) is 5.52. The Morgan fingerprint density at radius 1 is 1.50 bits per heavy atom. The smallest absolute Gasteiger partial charge is 0.163 e. The van der Waals surface area contributed by atoms with Gasteiger partial charge in [-0.1, -0.05) is 0 Å². The van der Waals surface area contributed by atoms with Crippen molar-refractivity contribution in [2.75, 3.05) is 24.6 Å². The second kappa shape index (κ2) is 5.01. The Bertz CT molecular complexity index is 383. The molecule has 0 unspecified atom stereocenters. The number of hydrogen-bond acceptors (Lipinski definition) is 4. The van der Waals surface area contributed by atoms with Crippen LogP contribution in [0.25, 0.3) is 0 Å². The second-order valence-electron chi connectivity index (χ2n) is 4.07. The summed E-state index contributed by atoms with van der Waals surface area (Å²) in [4.78, 5) is 13.7. The van der Waals surface area contributed by atoms with E-state index in [-0.39, 0.29) is 5.78 Å². The van der Waals surface area contributed by atoms with Gasteiger partial charge in [0.15, 0.2) is 5.78 Å². The zero-order valence-electron chi connectivity index (χ0n) is 9.77. The molecule has 0 radical (unpaired) electrons. The molecular formula is C11H17N3OS. The zero-order chi connectivity index (χ0) is 11.5.